The number of hydrogen-bond donors (Lipinski definition) is 2. The van der Waals surface area contributed by atoms with Crippen molar-refractivity contribution >= 4 is 9.03 Å². The largest absolute Gasteiger partial charge is 0.472 e. The van der Waals surface area contributed by atoms with Crippen molar-refractivity contribution in [2.75, 3.05) is 20.3 Å². The molecule has 0 radical (unpaired) electrons. The van der Waals surface area contributed by atoms with E-state index in [2.05, 4.69) is 5.73 Å². The van der Waals surface area contributed by atoms with Crippen LogP contribution in [0.15, 0.2) is 23.0 Å². The third kappa shape index (κ3) is 28.4. The lowest BCUT2D eigenvalue weighted by atomic mass is 10.2. The van der Waals surface area contributed by atoms with Gasteiger partial charge in [-0.2, -0.15) is 0 Å². The summed E-state index contributed by atoms with van der Waals surface area (Å²) in [6, 6.07) is 2.31. The van der Waals surface area contributed by atoms with Gasteiger partial charge in [-0.05, 0) is 44.5 Å². The van der Waals surface area contributed by atoms with Gasteiger partial charge in [0.05, 0.1) is 25.7 Å². The highest BCUT2D eigenvalue weighted by molar-refractivity contribution is 7.26. The summed E-state index contributed by atoms with van der Waals surface area (Å²) < 4.78 is 15.3. The summed E-state index contributed by atoms with van der Waals surface area (Å²) in [7, 11) is 1.68. The zero-order valence-electron chi connectivity index (χ0n) is 14.5. The number of aryl methyl sites for hydroxylation is 1. The molecule has 4 N–H and O–H groups in total. The Hall–Kier alpha value is -0.450. The minimum Gasteiger partial charge on any atom is -0.472 e. The smallest absolute Gasteiger partial charge is 0.155 e. The third-order valence-electron chi connectivity index (χ3n) is 1.55. The first-order valence-corrected chi connectivity index (χ1v) is 8.31. The topological polar surface area (TPSA) is 83.6 Å². The van der Waals surface area contributed by atoms with E-state index in [9.17, 15) is 0 Å². The molecule has 0 aliphatic heterocycles. The lowest BCUT2D eigenvalue weighted by Gasteiger charge is -2.01. The molecule has 6 heteroatoms. The molecule has 128 valence electrons. The van der Waals surface area contributed by atoms with Gasteiger partial charge < -0.3 is 24.9 Å². The molecule has 1 rings (SSSR count). The molecule has 5 nitrogen and oxygen atoms in total. The first kappa shape index (κ1) is 25.5. The van der Waals surface area contributed by atoms with Crippen LogP contribution in [0.5, 0.6) is 0 Å². The predicted octanol–water partition coefficient (Wildman–Crippen LogP) is 3.73. The molecule has 0 bridgehead atoms. The highest BCUT2D eigenvalue weighted by Gasteiger charge is 1.94. The first-order valence-electron chi connectivity index (χ1n) is 7.49. The molecule has 0 spiro atoms. The Morgan fingerprint density at radius 2 is 1.81 bits per heavy atom. The van der Waals surface area contributed by atoms with Gasteiger partial charge in [-0.25, -0.2) is 0 Å². The maximum absolute atomic E-state index is 5.25. The maximum Gasteiger partial charge on any atom is 0.155 e. The lowest BCUT2D eigenvalue weighted by molar-refractivity contribution is 0.273. The molecule has 1 aromatic rings. The fourth-order valence-corrected chi connectivity index (χ4v) is 1.35. The monoisotopic (exact) mass is 322 g/mol. The summed E-state index contributed by atoms with van der Waals surface area (Å²) in [6.07, 6.45) is 5.48. The van der Waals surface area contributed by atoms with E-state index in [-0.39, 0.29) is 9.03 Å². The molecular formula is C15H35N2O3P. The molecule has 0 aliphatic carbocycles. The summed E-state index contributed by atoms with van der Waals surface area (Å²) >= 11 is 0. The molecule has 21 heavy (non-hydrogen) atoms. The number of nitrogens with two attached hydrogens (primary N) is 2. The second kappa shape index (κ2) is 24.6. The van der Waals surface area contributed by atoms with E-state index in [1.54, 1.807) is 12.5 Å². The van der Waals surface area contributed by atoms with Gasteiger partial charge in [0, 0.05) is 0 Å². The van der Waals surface area contributed by atoms with Crippen LogP contribution in [-0.4, -0.2) is 26.3 Å². The van der Waals surface area contributed by atoms with Gasteiger partial charge in [-0.1, -0.05) is 27.7 Å². The SMILES string of the molecule is CC.CC(C)N.CCOPOCCCc1ccoc1.CN. The molecular weight excluding hydrogens is 287 g/mol. The van der Waals surface area contributed by atoms with Crippen LogP contribution in [0, 0.1) is 0 Å². The van der Waals surface area contributed by atoms with Crippen molar-refractivity contribution in [3.63, 3.8) is 0 Å². The summed E-state index contributed by atoms with van der Waals surface area (Å²) in [4.78, 5) is 0. The zero-order valence-corrected chi connectivity index (χ0v) is 15.5. The molecule has 0 aromatic carbocycles. The van der Waals surface area contributed by atoms with Crippen LogP contribution in [0.3, 0.4) is 0 Å². The Bertz CT molecular complexity index is 242. The summed E-state index contributed by atoms with van der Waals surface area (Å²) in [5.74, 6) is 0. The van der Waals surface area contributed by atoms with Crippen LogP contribution < -0.4 is 11.5 Å². The molecule has 0 amide bonds. The van der Waals surface area contributed by atoms with E-state index in [4.69, 9.17) is 19.2 Å². The Kier molecular flexibility index (Phi) is 29.8. The third-order valence-corrected chi connectivity index (χ3v) is 2.28. The van der Waals surface area contributed by atoms with Crippen LogP contribution in [-0.2, 0) is 15.5 Å². The molecule has 1 atom stereocenters. The molecule has 1 aromatic heterocycles. The van der Waals surface area contributed by atoms with Crippen molar-refractivity contribution in [2.45, 2.75) is 53.5 Å². The molecule has 0 saturated heterocycles. The lowest BCUT2D eigenvalue weighted by Crippen LogP contribution is -2.06. The standard InChI is InChI=1S/C9H15O3P.C3H9N.C2H6.CH5N/c1-2-11-13-12-6-3-4-9-5-7-10-8-9;1-3(2)4;2*1-2/h5,7-8,13H,2-4,6H2,1H3;3H,4H2,1-2H3;1-2H3;2H2,1H3. The number of furan rings is 1. The van der Waals surface area contributed by atoms with Crippen molar-refractivity contribution in [3.8, 4) is 0 Å². The van der Waals surface area contributed by atoms with Gasteiger partial charge in [0.2, 0.25) is 0 Å². The van der Waals surface area contributed by atoms with Crippen LogP contribution >= 0.6 is 9.03 Å². The summed E-state index contributed by atoms with van der Waals surface area (Å²) in [5, 5.41) is 0. The van der Waals surface area contributed by atoms with Gasteiger partial charge in [0.1, 0.15) is 0 Å². The van der Waals surface area contributed by atoms with E-state index in [0.29, 0.717) is 6.04 Å². The van der Waals surface area contributed by atoms with Gasteiger partial charge >= 0.3 is 0 Å². The van der Waals surface area contributed by atoms with Crippen molar-refractivity contribution < 1.29 is 13.5 Å². The highest BCUT2D eigenvalue weighted by Crippen LogP contribution is 2.13. The second-order valence-corrected chi connectivity index (χ2v) is 4.59. The fraction of sp³-hybridized carbons (Fsp3) is 0.733. The normalized spacial score (nSPS) is 9.38. The highest BCUT2D eigenvalue weighted by atomic mass is 31.1. The van der Waals surface area contributed by atoms with Crippen LogP contribution in [0.1, 0.15) is 46.6 Å². The van der Waals surface area contributed by atoms with Crippen LogP contribution in [0.2, 0.25) is 0 Å². The van der Waals surface area contributed by atoms with Gasteiger partial charge in [-0.15, -0.1) is 0 Å². The van der Waals surface area contributed by atoms with E-state index in [1.165, 1.54) is 12.6 Å². The Morgan fingerprint density at radius 1 is 1.24 bits per heavy atom. The average Bonchev–Trinajstić information content (AvgIpc) is 3.00. The van der Waals surface area contributed by atoms with E-state index < -0.39 is 0 Å². The van der Waals surface area contributed by atoms with Crippen molar-refractivity contribution in [2.24, 2.45) is 11.5 Å². The Balaban J connectivity index is -0.000000343. The second-order valence-electron chi connectivity index (χ2n) is 3.84. The zero-order chi connectivity index (χ0) is 16.9. The number of hydrogen-bond acceptors (Lipinski definition) is 5. The first-order chi connectivity index (χ1) is 10.2. The average molecular weight is 322 g/mol. The quantitative estimate of drug-likeness (QED) is 0.590. The van der Waals surface area contributed by atoms with Crippen LogP contribution in [0.4, 0.5) is 0 Å². The Labute approximate surface area is 132 Å². The predicted molar refractivity (Wildman–Crippen MR) is 93.7 cm³/mol. The van der Waals surface area contributed by atoms with Gasteiger partial charge in [-0.3, -0.25) is 0 Å². The van der Waals surface area contributed by atoms with E-state index >= 15 is 0 Å². The molecule has 0 aliphatic rings. The molecule has 0 saturated carbocycles. The fourth-order valence-electron chi connectivity index (χ4n) is 0.926. The van der Waals surface area contributed by atoms with Gasteiger partial charge in [0.15, 0.2) is 9.03 Å². The van der Waals surface area contributed by atoms with E-state index in [0.717, 1.165) is 26.1 Å². The van der Waals surface area contributed by atoms with Crippen molar-refractivity contribution in [3.05, 3.63) is 24.2 Å². The summed E-state index contributed by atoms with van der Waals surface area (Å²) in [6.45, 7) is 11.3. The summed E-state index contributed by atoms with van der Waals surface area (Å²) in [5.41, 5.74) is 10.8. The van der Waals surface area contributed by atoms with Crippen molar-refractivity contribution in [1.82, 2.24) is 0 Å². The molecule has 1 heterocycles. The van der Waals surface area contributed by atoms with E-state index in [1.807, 2.05) is 40.7 Å². The van der Waals surface area contributed by atoms with Crippen LogP contribution in [0.25, 0.3) is 0 Å². The molecule has 1 unspecified atom stereocenters. The van der Waals surface area contributed by atoms with Crippen molar-refractivity contribution in [1.29, 1.82) is 0 Å². The Morgan fingerprint density at radius 3 is 2.24 bits per heavy atom. The molecule has 0 fully saturated rings. The maximum atomic E-state index is 5.25. The minimum atomic E-state index is 0.184. The minimum absolute atomic E-state index is 0.184. The number of rotatable bonds is 7. The van der Waals surface area contributed by atoms with Gasteiger partial charge in [0.25, 0.3) is 0 Å².